The van der Waals surface area contributed by atoms with Crippen molar-refractivity contribution in [2.75, 3.05) is 19.6 Å². The van der Waals surface area contributed by atoms with Gasteiger partial charge < -0.3 is 4.90 Å². The smallest absolute Gasteiger partial charge is 0.277 e. The standard InChI is InChI=1S/C11H13F2N3/c1-2-5-11(12,13)8-15-10-3-6-16(9-14)7-4-10/h1H,3-8H2. The number of nitrogens with zero attached hydrogens (tertiary/aromatic N) is 3. The fraction of sp³-hybridized carbons (Fsp3) is 0.636. The molecule has 1 rings (SSSR count). The van der Waals surface area contributed by atoms with Crippen LogP contribution in [0.2, 0.25) is 0 Å². The van der Waals surface area contributed by atoms with E-state index in [1.54, 1.807) is 4.90 Å². The van der Waals surface area contributed by atoms with Crippen molar-refractivity contribution in [2.24, 2.45) is 4.99 Å². The van der Waals surface area contributed by atoms with Gasteiger partial charge in [0.05, 0.1) is 6.42 Å². The van der Waals surface area contributed by atoms with Crippen molar-refractivity contribution < 1.29 is 8.78 Å². The number of terminal acetylenes is 1. The van der Waals surface area contributed by atoms with Crippen molar-refractivity contribution in [2.45, 2.75) is 25.2 Å². The summed E-state index contributed by atoms with van der Waals surface area (Å²) in [4.78, 5) is 5.47. The average molecular weight is 225 g/mol. The summed E-state index contributed by atoms with van der Waals surface area (Å²) in [6, 6.07) is 0. The number of piperidine rings is 1. The Bertz CT molecular complexity index is 339. The third-order valence-electron chi connectivity index (χ3n) is 2.38. The number of hydrogen-bond acceptors (Lipinski definition) is 3. The van der Waals surface area contributed by atoms with E-state index in [0.29, 0.717) is 25.9 Å². The quantitative estimate of drug-likeness (QED) is 0.541. The average Bonchev–Trinajstić information content (AvgIpc) is 2.27. The Labute approximate surface area is 93.8 Å². The van der Waals surface area contributed by atoms with Gasteiger partial charge in [-0.3, -0.25) is 4.99 Å². The Morgan fingerprint density at radius 2 is 2.06 bits per heavy atom. The summed E-state index contributed by atoms with van der Waals surface area (Å²) in [5.41, 5.74) is 0.753. The van der Waals surface area contributed by atoms with Crippen LogP contribution in [-0.2, 0) is 0 Å². The fourth-order valence-electron chi connectivity index (χ4n) is 1.46. The molecule has 3 nitrogen and oxygen atoms in total. The summed E-state index contributed by atoms with van der Waals surface area (Å²) in [6.45, 7) is 0.588. The molecule has 1 aliphatic rings. The highest BCUT2D eigenvalue weighted by atomic mass is 19.3. The second-order valence-corrected chi connectivity index (χ2v) is 3.71. The first-order valence-electron chi connectivity index (χ1n) is 5.05. The first kappa shape index (κ1) is 12.4. The molecule has 0 atom stereocenters. The molecule has 0 saturated carbocycles. The maximum Gasteiger partial charge on any atom is 0.277 e. The molecule has 0 N–H and O–H groups in total. The topological polar surface area (TPSA) is 39.4 Å². The third kappa shape index (κ3) is 3.86. The van der Waals surface area contributed by atoms with Crippen LogP contribution < -0.4 is 0 Å². The van der Waals surface area contributed by atoms with E-state index in [4.69, 9.17) is 11.7 Å². The molecule has 0 radical (unpaired) electrons. The van der Waals surface area contributed by atoms with Crippen molar-refractivity contribution in [3.05, 3.63) is 0 Å². The summed E-state index contributed by atoms with van der Waals surface area (Å²) in [5.74, 6) is -0.967. The molecule has 0 unspecified atom stereocenters. The summed E-state index contributed by atoms with van der Waals surface area (Å²) in [7, 11) is 0. The van der Waals surface area contributed by atoms with E-state index in [0.717, 1.165) is 5.71 Å². The maximum atomic E-state index is 13.0. The van der Waals surface area contributed by atoms with Crippen molar-refractivity contribution in [1.29, 1.82) is 5.26 Å². The van der Waals surface area contributed by atoms with Gasteiger partial charge in [0.15, 0.2) is 6.19 Å². The molecule has 86 valence electrons. The largest absolute Gasteiger partial charge is 0.310 e. The minimum atomic E-state index is -2.91. The lowest BCUT2D eigenvalue weighted by molar-refractivity contribution is 0.0171. The fourth-order valence-corrected chi connectivity index (χ4v) is 1.46. The molecule has 1 aliphatic heterocycles. The van der Waals surface area contributed by atoms with Gasteiger partial charge in [0.1, 0.15) is 6.54 Å². The molecule has 1 saturated heterocycles. The first-order valence-corrected chi connectivity index (χ1v) is 5.05. The number of alkyl halides is 2. The Morgan fingerprint density at radius 1 is 1.44 bits per heavy atom. The highest BCUT2D eigenvalue weighted by Crippen LogP contribution is 2.18. The monoisotopic (exact) mass is 225 g/mol. The third-order valence-corrected chi connectivity index (χ3v) is 2.38. The molecule has 0 amide bonds. The SMILES string of the molecule is C#CCC(F)(F)CN=C1CCN(C#N)CC1. The molecule has 0 aliphatic carbocycles. The lowest BCUT2D eigenvalue weighted by Gasteiger charge is -2.22. The predicted molar refractivity (Wildman–Crippen MR) is 57.1 cm³/mol. The van der Waals surface area contributed by atoms with Crippen LogP contribution >= 0.6 is 0 Å². The van der Waals surface area contributed by atoms with Crippen LogP contribution in [0, 0.1) is 23.8 Å². The zero-order valence-electron chi connectivity index (χ0n) is 8.92. The first-order chi connectivity index (χ1) is 7.57. The van der Waals surface area contributed by atoms with Crippen molar-refractivity contribution in [3.8, 4) is 18.5 Å². The second-order valence-electron chi connectivity index (χ2n) is 3.71. The van der Waals surface area contributed by atoms with E-state index >= 15 is 0 Å². The lowest BCUT2D eigenvalue weighted by atomic mass is 10.1. The number of likely N-dealkylation sites (tertiary alicyclic amines) is 1. The van der Waals surface area contributed by atoms with Crippen LogP contribution in [0.15, 0.2) is 4.99 Å². The Hall–Kier alpha value is -1.62. The van der Waals surface area contributed by atoms with E-state index < -0.39 is 18.9 Å². The Kier molecular flexibility index (Phi) is 4.25. The predicted octanol–water partition coefficient (Wildman–Crippen LogP) is 1.66. The molecule has 0 bridgehead atoms. The highest BCUT2D eigenvalue weighted by molar-refractivity contribution is 5.85. The van der Waals surface area contributed by atoms with Crippen molar-refractivity contribution in [3.63, 3.8) is 0 Å². The molecule has 0 aromatic rings. The van der Waals surface area contributed by atoms with E-state index in [1.165, 1.54) is 0 Å². The number of aliphatic imine (C=N–C) groups is 1. The van der Waals surface area contributed by atoms with E-state index in [-0.39, 0.29) is 0 Å². The lowest BCUT2D eigenvalue weighted by Crippen LogP contribution is -2.31. The molecule has 16 heavy (non-hydrogen) atoms. The summed E-state index contributed by atoms with van der Waals surface area (Å²) < 4.78 is 26.0. The van der Waals surface area contributed by atoms with Gasteiger partial charge in [-0.1, -0.05) is 0 Å². The Balaban J connectivity index is 2.43. The van der Waals surface area contributed by atoms with Crippen LogP contribution in [-0.4, -0.2) is 36.2 Å². The minimum absolute atomic E-state index is 0.543. The van der Waals surface area contributed by atoms with Crippen LogP contribution in [0.25, 0.3) is 0 Å². The summed E-state index contributed by atoms with van der Waals surface area (Å²) in [6.07, 6.45) is 7.45. The van der Waals surface area contributed by atoms with Crippen LogP contribution in [0.4, 0.5) is 8.78 Å². The molecule has 0 aromatic heterocycles. The number of nitriles is 1. The van der Waals surface area contributed by atoms with Gasteiger partial charge in [0.2, 0.25) is 0 Å². The molecule has 0 aromatic carbocycles. The van der Waals surface area contributed by atoms with Gasteiger partial charge in [0, 0.05) is 31.6 Å². The zero-order valence-corrected chi connectivity index (χ0v) is 8.92. The number of rotatable bonds is 3. The van der Waals surface area contributed by atoms with E-state index in [9.17, 15) is 8.78 Å². The zero-order chi connectivity index (χ0) is 12.0. The van der Waals surface area contributed by atoms with E-state index in [2.05, 4.69) is 4.99 Å². The van der Waals surface area contributed by atoms with Gasteiger partial charge in [-0.25, -0.2) is 8.78 Å². The van der Waals surface area contributed by atoms with Crippen LogP contribution in [0.3, 0.4) is 0 Å². The molecule has 5 heteroatoms. The number of hydrogen-bond donors (Lipinski definition) is 0. The van der Waals surface area contributed by atoms with Crippen LogP contribution in [0.5, 0.6) is 0 Å². The van der Waals surface area contributed by atoms with Gasteiger partial charge in [-0.15, -0.1) is 12.3 Å². The molecule has 1 heterocycles. The van der Waals surface area contributed by atoms with Crippen LogP contribution in [0.1, 0.15) is 19.3 Å². The minimum Gasteiger partial charge on any atom is -0.310 e. The van der Waals surface area contributed by atoms with Crippen molar-refractivity contribution in [1.82, 2.24) is 4.90 Å². The Morgan fingerprint density at radius 3 is 2.56 bits per heavy atom. The van der Waals surface area contributed by atoms with Gasteiger partial charge in [-0.2, -0.15) is 5.26 Å². The van der Waals surface area contributed by atoms with Crippen molar-refractivity contribution >= 4 is 5.71 Å². The van der Waals surface area contributed by atoms with E-state index in [1.807, 2.05) is 12.1 Å². The summed E-state index contributed by atoms with van der Waals surface area (Å²) in [5, 5.41) is 8.60. The molecular formula is C11H13F2N3. The van der Waals surface area contributed by atoms with Gasteiger partial charge >= 0.3 is 0 Å². The summed E-state index contributed by atoms with van der Waals surface area (Å²) >= 11 is 0. The highest BCUT2D eigenvalue weighted by Gasteiger charge is 2.27. The molecule has 0 spiro atoms. The van der Waals surface area contributed by atoms with Gasteiger partial charge in [-0.05, 0) is 0 Å². The number of halogens is 2. The molecule has 1 fully saturated rings. The maximum absolute atomic E-state index is 13.0. The van der Waals surface area contributed by atoms with Gasteiger partial charge in [0.25, 0.3) is 5.92 Å². The normalized spacial score (nSPS) is 16.5. The molecular weight excluding hydrogens is 212 g/mol. The second kappa shape index (κ2) is 5.46.